The van der Waals surface area contributed by atoms with Gasteiger partial charge in [0, 0.05) is 15.6 Å². The molecule has 4 rings (SSSR count). The minimum atomic E-state index is 0.667. The van der Waals surface area contributed by atoms with Crippen molar-refractivity contribution in [1.82, 2.24) is 0 Å². The van der Waals surface area contributed by atoms with E-state index in [9.17, 15) is 9.59 Å². The molecule has 0 saturated carbocycles. The normalized spacial score (nSPS) is 11.4. The highest BCUT2D eigenvalue weighted by molar-refractivity contribution is 9.10. The zero-order chi connectivity index (χ0) is 21.6. The summed E-state index contributed by atoms with van der Waals surface area (Å²) in [5, 5.41) is 2.29. The van der Waals surface area contributed by atoms with E-state index in [1.54, 1.807) is 0 Å². The Labute approximate surface area is 189 Å². The van der Waals surface area contributed by atoms with Gasteiger partial charge in [-0.05, 0) is 39.1 Å². The van der Waals surface area contributed by atoms with Gasteiger partial charge in [0.25, 0.3) is 0 Å². The predicted octanol–water partition coefficient (Wildman–Crippen LogP) is 7.57. The van der Waals surface area contributed by atoms with E-state index in [1.165, 1.54) is 0 Å². The van der Waals surface area contributed by atoms with E-state index in [0.717, 1.165) is 50.1 Å². The molecule has 0 unspecified atom stereocenters. The third kappa shape index (κ3) is 4.79. The number of aldehydes is 2. The molecule has 0 aliphatic rings. The number of rotatable bonds is 6. The van der Waals surface area contributed by atoms with Crippen molar-refractivity contribution < 1.29 is 9.59 Å². The van der Waals surface area contributed by atoms with Crippen LogP contribution in [-0.2, 0) is 0 Å². The van der Waals surface area contributed by atoms with Crippen molar-refractivity contribution in [3.63, 3.8) is 0 Å². The molecule has 2 nitrogen and oxygen atoms in total. The molecule has 0 aliphatic heterocycles. The maximum absolute atomic E-state index is 10.9. The quantitative estimate of drug-likeness (QED) is 0.217. The smallest absolute Gasteiger partial charge is 0.150 e. The standard InChI is InChI=1S/C28H19BrO2/c29-27-17-16-25(15-13-21-6-10-23(19-31)11-7-21)28-24(2-1-3-26(27)28)14-12-20-4-8-22(18-30)9-5-20/h1-19H. The number of fused-ring (bicyclic) bond motifs is 1. The Balaban J connectivity index is 1.74. The zero-order valence-electron chi connectivity index (χ0n) is 16.7. The average molecular weight is 467 g/mol. The third-order valence-corrected chi connectivity index (χ3v) is 5.80. The summed E-state index contributed by atoms with van der Waals surface area (Å²) in [5.74, 6) is 0. The summed E-state index contributed by atoms with van der Waals surface area (Å²) in [6.45, 7) is 0. The van der Waals surface area contributed by atoms with Crippen LogP contribution in [0, 0.1) is 0 Å². The van der Waals surface area contributed by atoms with Gasteiger partial charge in [0.05, 0.1) is 0 Å². The lowest BCUT2D eigenvalue weighted by Gasteiger charge is -2.09. The van der Waals surface area contributed by atoms with Crippen LogP contribution >= 0.6 is 15.9 Å². The van der Waals surface area contributed by atoms with Gasteiger partial charge in [0.15, 0.2) is 0 Å². The minimum absolute atomic E-state index is 0.667. The summed E-state index contributed by atoms with van der Waals surface area (Å²) < 4.78 is 1.04. The van der Waals surface area contributed by atoms with Gasteiger partial charge in [-0.2, -0.15) is 0 Å². The molecule has 31 heavy (non-hydrogen) atoms. The summed E-state index contributed by atoms with van der Waals surface area (Å²) in [7, 11) is 0. The fourth-order valence-corrected chi connectivity index (χ4v) is 3.91. The molecule has 0 saturated heterocycles. The summed E-state index contributed by atoms with van der Waals surface area (Å²) in [5.41, 5.74) is 5.61. The second-order valence-electron chi connectivity index (χ2n) is 7.14. The summed E-state index contributed by atoms with van der Waals surface area (Å²) >= 11 is 3.67. The average Bonchev–Trinajstić information content (AvgIpc) is 2.83. The van der Waals surface area contributed by atoms with Gasteiger partial charge in [-0.15, -0.1) is 0 Å². The van der Waals surface area contributed by atoms with Gasteiger partial charge in [-0.3, -0.25) is 9.59 Å². The molecule has 0 amide bonds. The first-order valence-electron chi connectivity index (χ1n) is 9.86. The first kappa shape index (κ1) is 20.7. The van der Waals surface area contributed by atoms with E-state index in [0.29, 0.717) is 11.1 Å². The summed E-state index contributed by atoms with van der Waals surface area (Å²) in [6, 6.07) is 25.4. The van der Waals surface area contributed by atoms with Crippen molar-refractivity contribution in [3.05, 3.63) is 117 Å². The van der Waals surface area contributed by atoms with Gasteiger partial charge in [-0.1, -0.05) is 113 Å². The van der Waals surface area contributed by atoms with E-state index in [4.69, 9.17) is 0 Å². The van der Waals surface area contributed by atoms with Crippen LogP contribution < -0.4 is 0 Å². The minimum Gasteiger partial charge on any atom is -0.298 e. The largest absolute Gasteiger partial charge is 0.298 e. The van der Waals surface area contributed by atoms with Gasteiger partial charge < -0.3 is 0 Å². The highest BCUT2D eigenvalue weighted by Gasteiger charge is 2.06. The van der Waals surface area contributed by atoms with E-state index in [-0.39, 0.29) is 0 Å². The molecule has 0 bridgehead atoms. The summed E-state index contributed by atoms with van der Waals surface area (Å²) in [6.07, 6.45) is 10.00. The van der Waals surface area contributed by atoms with Crippen LogP contribution in [0.25, 0.3) is 35.1 Å². The maximum atomic E-state index is 10.9. The molecule has 4 aromatic carbocycles. The topological polar surface area (TPSA) is 34.1 Å². The molecular weight excluding hydrogens is 448 g/mol. The molecule has 0 heterocycles. The van der Waals surface area contributed by atoms with Gasteiger partial charge in [-0.25, -0.2) is 0 Å². The second-order valence-corrected chi connectivity index (χ2v) is 8.00. The predicted molar refractivity (Wildman–Crippen MR) is 133 cm³/mol. The lowest BCUT2D eigenvalue weighted by atomic mass is 9.97. The molecule has 150 valence electrons. The van der Waals surface area contributed by atoms with Crippen LogP contribution in [0.15, 0.2) is 83.3 Å². The molecule has 0 aliphatic carbocycles. The number of benzene rings is 4. The van der Waals surface area contributed by atoms with Crippen LogP contribution in [0.4, 0.5) is 0 Å². The van der Waals surface area contributed by atoms with Crippen molar-refractivity contribution in [3.8, 4) is 0 Å². The molecule has 0 aromatic heterocycles. The van der Waals surface area contributed by atoms with E-state index in [2.05, 4.69) is 64.5 Å². The Morgan fingerprint density at radius 3 is 1.52 bits per heavy atom. The van der Waals surface area contributed by atoms with Crippen LogP contribution in [-0.4, -0.2) is 12.6 Å². The molecule has 0 atom stereocenters. The number of carbonyl (C=O) groups excluding carboxylic acids is 2. The fourth-order valence-electron chi connectivity index (χ4n) is 3.45. The molecule has 0 N–H and O–H groups in total. The summed E-state index contributed by atoms with van der Waals surface area (Å²) in [4.78, 5) is 21.7. The van der Waals surface area contributed by atoms with Crippen molar-refractivity contribution in [2.75, 3.05) is 0 Å². The molecule has 0 fully saturated rings. The first-order valence-corrected chi connectivity index (χ1v) is 10.6. The van der Waals surface area contributed by atoms with Crippen LogP contribution in [0.5, 0.6) is 0 Å². The first-order chi connectivity index (χ1) is 15.2. The van der Waals surface area contributed by atoms with Crippen molar-refractivity contribution in [1.29, 1.82) is 0 Å². The van der Waals surface area contributed by atoms with Crippen LogP contribution in [0.1, 0.15) is 43.0 Å². The van der Waals surface area contributed by atoms with Crippen LogP contribution in [0.2, 0.25) is 0 Å². The lowest BCUT2D eigenvalue weighted by Crippen LogP contribution is -1.85. The Kier molecular flexibility index (Phi) is 6.34. The van der Waals surface area contributed by atoms with E-state index < -0.39 is 0 Å². The number of carbonyl (C=O) groups is 2. The zero-order valence-corrected chi connectivity index (χ0v) is 18.3. The molecule has 0 spiro atoms. The third-order valence-electron chi connectivity index (χ3n) is 5.11. The highest BCUT2D eigenvalue weighted by atomic mass is 79.9. The van der Waals surface area contributed by atoms with Crippen molar-refractivity contribution in [2.45, 2.75) is 0 Å². The van der Waals surface area contributed by atoms with Gasteiger partial charge >= 0.3 is 0 Å². The van der Waals surface area contributed by atoms with E-state index >= 15 is 0 Å². The number of hydrogen-bond donors (Lipinski definition) is 0. The van der Waals surface area contributed by atoms with E-state index in [1.807, 2.05) is 54.6 Å². The Hall–Kier alpha value is -3.56. The monoisotopic (exact) mass is 466 g/mol. The Morgan fingerprint density at radius 1 is 0.516 bits per heavy atom. The molecular formula is C28H19BrO2. The van der Waals surface area contributed by atoms with Crippen molar-refractivity contribution in [2.24, 2.45) is 0 Å². The van der Waals surface area contributed by atoms with Crippen LogP contribution in [0.3, 0.4) is 0 Å². The highest BCUT2D eigenvalue weighted by Crippen LogP contribution is 2.32. The number of hydrogen-bond acceptors (Lipinski definition) is 2. The van der Waals surface area contributed by atoms with Gasteiger partial charge in [0.2, 0.25) is 0 Å². The Bertz CT molecular complexity index is 1230. The number of halogens is 1. The Morgan fingerprint density at radius 2 is 1.00 bits per heavy atom. The SMILES string of the molecule is O=Cc1ccc(C=Cc2cccc3c(Br)ccc(C=Cc4ccc(C=O)cc4)c23)cc1. The van der Waals surface area contributed by atoms with Crippen molar-refractivity contribution >= 4 is 63.6 Å². The maximum Gasteiger partial charge on any atom is 0.150 e. The molecule has 4 aromatic rings. The molecule has 3 heteroatoms. The fraction of sp³-hybridized carbons (Fsp3) is 0. The molecule has 0 radical (unpaired) electrons. The van der Waals surface area contributed by atoms with Gasteiger partial charge in [0.1, 0.15) is 12.6 Å². The second kappa shape index (κ2) is 9.50. The lowest BCUT2D eigenvalue weighted by molar-refractivity contribution is 0.111.